The number of rotatable bonds is 5. The number of carbonyl (C=O) groups excluding carboxylic acids is 1. The summed E-state index contributed by atoms with van der Waals surface area (Å²) in [4.78, 5) is 18.6. The standard InChI is InChI=1S/C26H18N2OS2/c29-25(20-10-8-19(9-11-20)24-7-4-16-30-24)27-22-14-12-18(13-15-22)23-17-31-26(28-23)21-5-2-1-3-6-21/h1-17H,(H,27,29). The number of carbonyl (C=O) groups is 1. The number of aromatic nitrogens is 1. The zero-order chi connectivity index (χ0) is 21.0. The van der Waals surface area contributed by atoms with E-state index in [1.165, 1.54) is 4.88 Å². The van der Waals surface area contributed by atoms with Crippen LogP contribution < -0.4 is 5.32 Å². The summed E-state index contributed by atoms with van der Waals surface area (Å²) in [7, 11) is 0. The molecular weight excluding hydrogens is 420 g/mol. The van der Waals surface area contributed by atoms with Crippen LogP contribution >= 0.6 is 22.7 Å². The van der Waals surface area contributed by atoms with Gasteiger partial charge in [-0.05, 0) is 41.3 Å². The van der Waals surface area contributed by atoms with Crippen LogP contribution in [0, 0.1) is 0 Å². The third-order valence-corrected chi connectivity index (χ3v) is 6.73. The number of anilines is 1. The van der Waals surface area contributed by atoms with Crippen molar-refractivity contribution in [2.45, 2.75) is 0 Å². The van der Waals surface area contributed by atoms with E-state index in [0.29, 0.717) is 5.56 Å². The van der Waals surface area contributed by atoms with E-state index in [2.05, 4.69) is 28.9 Å². The molecule has 0 spiro atoms. The van der Waals surface area contributed by atoms with Gasteiger partial charge >= 0.3 is 0 Å². The fraction of sp³-hybridized carbons (Fsp3) is 0. The fourth-order valence-corrected chi connectivity index (χ4v) is 4.84. The van der Waals surface area contributed by atoms with Crippen molar-refractivity contribution in [3.05, 3.63) is 107 Å². The Hall–Kier alpha value is -3.54. The first-order valence-corrected chi connectivity index (χ1v) is 11.6. The monoisotopic (exact) mass is 438 g/mol. The quantitative estimate of drug-likeness (QED) is 0.309. The minimum Gasteiger partial charge on any atom is -0.322 e. The smallest absolute Gasteiger partial charge is 0.255 e. The molecule has 3 aromatic carbocycles. The maximum Gasteiger partial charge on any atom is 0.255 e. The SMILES string of the molecule is O=C(Nc1ccc(-c2csc(-c3ccccc3)n2)cc1)c1ccc(-c2cccs2)cc1. The number of nitrogens with zero attached hydrogens (tertiary/aromatic N) is 1. The lowest BCUT2D eigenvalue weighted by molar-refractivity contribution is 0.102. The van der Waals surface area contributed by atoms with Crippen molar-refractivity contribution in [2.75, 3.05) is 5.32 Å². The first-order valence-electron chi connectivity index (χ1n) is 9.83. The highest BCUT2D eigenvalue weighted by Crippen LogP contribution is 2.29. The second-order valence-electron chi connectivity index (χ2n) is 6.99. The molecule has 5 aromatic rings. The van der Waals surface area contributed by atoms with Crippen molar-refractivity contribution in [2.24, 2.45) is 0 Å². The van der Waals surface area contributed by atoms with Gasteiger partial charge in [-0.1, -0.05) is 60.7 Å². The van der Waals surface area contributed by atoms with Gasteiger partial charge in [-0.25, -0.2) is 4.98 Å². The maximum absolute atomic E-state index is 12.6. The van der Waals surface area contributed by atoms with E-state index < -0.39 is 0 Å². The average molecular weight is 439 g/mol. The molecule has 5 heteroatoms. The molecule has 1 N–H and O–H groups in total. The van der Waals surface area contributed by atoms with Crippen molar-refractivity contribution in [1.82, 2.24) is 4.98 Å². The van der Waals surface area contributed by atoms with E-state index in [1.807, 2.05) is 78.2 Å². The largest absolute Gasteiger partial charge is 0.322 e. The van der Waals surface area contributed by atoms with E-state index >= 15 is 0 Å². The van der Waals surface area contributed by atoms with Crippen LogP contribution in [0.4, 0.5) is 5.69 Å². The summed E-state index contributed by atoms with van der Waals surface area (Å²) < 4.78 is 0. The van der Waals surface area contributed by atoms with Crippen molar-refractivity contribution in [1.29, 1.82) is 0 Å². The molecule has 1 amide bonds. The van der Waals surface area contributed by atoms with Crippen LogP contribution in [0.2, 0.25) is 0 Å². The molecule has 0 aliphatic carbocycles. The molecule has 2 heterocycles. The Morgan fingerprint density at radius 3 is 2.16 bits per heavy atom. The van der Waals surface area contributed by atoms with Crippen LogP contribution in [0.3, 0.4) is 0 Å². The minimum absolute atomic E-state index is 0.120. The van der Waals surface area contributed by atoms with E-state index in [0.717, 1.165) is 33.1 Å². The molecule has 0 radical (unpaired) electrons. The van der Waals surface area contributed by atoms with Gasteiger partial charge in [-0.3, -0.25) is 4.79 Å². The number of hydrogen-bond acceptors (Lipinski definition) is 4. The minimum atomic E-state index is -0.120. The first-order chi connectivity index (χ1) is 15.3. The molecule has 0 bridgehead atoms. The predicted molar refractivity (Wildman–Crippen MR) is 131 cm³/mol. The summed E-state index contributed by atoms with van der Waals surface area (Å²) in [6.07, 6.45) is 0. The summed E-state index contributed by atoms with van der Waals surface area (Å²) in [5, 5.41) is 8.08. The Morgan fingerprint density at radius 2 is 1.45 bits per heavy atom. The van der Waals surface area contributed by atoms with Gasteiger partial charge in [0.1, 0.15) is 5.01 Å². The van der Waals surface area contributed by atoms with Crippen molar-refractivity contribution in [3.63, 3.8) is 0 Å². The third kappa shape index (κ3) is 4.33. The Bertz CT molecular complexity index is 1290. The normalized spacial score (nSPS) is 10.7. The van der Waals surface area contributed by atoms with Crippen molar-refractivity contribution < 1.29 is 4.79 Å². The number of thiazole rings is 1. The lowest BCUT2D eigenvalue weighted by Crippen LogP contribution is -2.11. The van der Waals surface area contributed by atoms with E-state index in [4.69, 9.17) is 4.98 Å². The highest BCUT2D eigenvalue weighted by molar-refractivity contribution is 7.13. The number of thiophene rings is 1. The average Bonchev–Trinajstić information content (AvgIpc) is 3.53. The predicted octanol–water partition coefficient (Wildman–Crippen LogP) is 7.46. The molecule has 150 valence electrons. The Balaban J connectivity index is 1.27. The van der Waals surface area contributed by atoms with Crippen LogP contribution in [0.5, 0.6) is 0 Å². The number of benzene rings is 3. The highest BCUT2D eigenvalue weighted by atomic mass is 32.1. The van der Waals surface area contributed by atoms with Crippen molar-refractivity contribution >= 4 is 34.3 Å². The zero-order valence-corrected chi connectivity index (χ0v) is 18.1. The molecular formula is C26H18N2OS2. The number of nitrogens with one attached hydrogen (secondary N) is 1. The van der Waals surface area contributed by atoms with Gasteiger partial charge in [0, 0.05) is 32.6 Å². The molecule has 0 aliphatic rings. The second kappa shape index (κ2) is 8.68. The second-order valence-corrected chi connectivity index (χ2v) is 8.80. The van der Waals surface area contributed by atoms with E-state index in [-0.39, 0.29) is 5.91 Å². The topological polar surface area (TPSA) is 42.0 Å². The number of amides is 1. The molecule has 5 rings (SSSR count). The molecule has 2 aromatic heterocycles. The summed E-state index contributed by atoms with van der Waals surface area (Å²) in [5.74, 6) is -0.120. The van der Waals surface area contributed by atoms with Crippen LogP contribution in [0.25, 0.3) is 32.3 Å². The molecule has 0 saturated carbocycles. The van der Waals surface area contributed by atoms with E-state index in [9.17, 15) is 4.79 Å². The van der Waals surface area contributed by atoms with Gasteiger partial charge in [-0.2, -0.15) is 0 Å². The molecule has 31 heavy (non-hydrogen) atoms. The summed E-state index contributed by atoms with van der Waals surface area (Å²) >= 11 is 3.32. The highest BCUT2D eigenvalue weighted by Gasteiger charge is 2.09. The number of hydrogen-bond donors (Lipinski definition) is 1. The lowest BCUT2D eigenvalue weighted by atomic mass is 10.1. The van der Waals surface area contributed by atoms with E-state index in [1.54, 1.807) is 22.7 Å². The lowest BCUT2D eigenvalue weighted by Gasteiger charge is -2.07. The van der Waals surface area contributed by atoms with Gasteiger partial charge in [0.15, 0.2) is 0 Å². The van der Waals surface area contributed by atoms with Crippen LogP contribution in [-0.4, -0.2) is 10.9 Å². The van der Waals surface area contributed by atoms with Crippen LogP contribution in [0.1, 0.15) is 10.4 Å². The van der Waals surface area contributed by atoms with Crippen molar-refractivity contribution in [3.8, 4) is 32.3 Å². The van der Waals surface area contributed by atoms with Gasteiger partial charge in [0.2, 0.25) is 0 Å². The Labute approximate surface area is 188 Å². The first kappa shape index (κ1) is 19.4. The molecule has 0 unspecified atom stereocenters. The third-order valence-electron chi connectivity index (χ3n) is 4.92. The Morgan fingerprint density at radius 1 is 0.710 bits per heavy atom. The summed E-state index contributed by atoms with van der Waals surface area (Å²) in [6.45, 7) is 0. The van der Waals surface area contributed by atoms with Gasteiger partial charge < -0.3 is 5.32 Å². The fourth-order valence-electron chi connectivity index (χ4n) is 3.28. The van der Waals surface area contributed by atoms with Gasteiger partial charge in [0.25, 0.3) is 5.91 Å². The van der Waals surface area contributed by atoms with Crippen LogP contribution in [-0.2, 0) is 0 Å². The molecule has 0 aliphatic heterocycles. The van der Waals surface area contributed by atoms with Gasteiger partial charge in [-0.15, -0.1) is 22.7 Å². The zero-order valence-electron chi connectivity index (χ0n) is 16.5. The molecule has 0 atom stereocenters. The maximum atomic E-state index is 12.6. The van der Waals surface area contributed by atoms with Crippen LogP contribution in [0.15, 0.2) is 102 Å². The molecule has 0 fully saturated rings. The van der Waals surface area contributed by atoms with Gasteiger partial charge in [0.05, 0.1) is 5.69 Å². The summed E-state index contributed by atoms with van der Waals surface area (Å²) in [6, 6.07) is 29.7. The summed E-state index contributed by atoms with van der Waals surface area (Å²) in [5.41, 5.74) is 5.59. The molecule has 3 nitrogen and oxygen atoms in total. The molecule has 0 saturated heterocycles. The Kier molecular flexibility index (Phi) is 5.44.